The number of hydrogen-bond donors (Lipinski definition) is 1. The third kappa shape index (κ3) is 4.93. The van der Waals surface area contributed by atoms with E-state index in [0.29, 0.717) is 6.54 Å². The minimum Gasteiger partial charge on any atom is -0.313 e. The Labute approximate surface area is 90.7 Å². The van der Waals surface area contributed by atoms with Crippen molar-refractivity contribution in [1.82, 2.24) is 15.1 Å². The van der Waals surface area contributed by atoms with Gasteiger partial charge in [0.15, 0.2) is 0 Å². The molecule has 15 heavy (non-hydrogen) atoms. The molecule has 0 bridgehead atoms. The van der Waals surface area contributed by atoms with E-state index in [1.807, 2.05) is 6.20 Å². The zero-order valence-electron chi connectivity index (χ0n) is 9.54. The first kappa shape index (κ1) is 12.2. The fourth-order valence-electron chi connectivity index (χ4n) is 1.33. The summed E-state index contributed by atoms with van der Waals surface area (Å²) in [5.74, 6) is 0.728. The Bertz CT molecular complexity index is 271. The third-order valence-electron chi connectivity index (χ3n) is 2.23. The summed E-state index contributed by atoms with van der Waals surface area (Å²) in [5, 5.41) is 7.40. The highest BCUT2D eigenvalue weighted by Gasteiger charge is 1.98. The van der Waals surface area contributed by atoms with Crippen LogP contribution in [-0.4, -0.2) is 23.0 Å². The normalized spacial score (nSPS) is 11.2. The molecule has 0 unspecified atom stereocenters. The molecule has 0 saturated heterocycles. The summed E-state index contributed by atoms with van der Waals surface area (Å²) in [6.45, 7) is 6.25. The molecule has 1 N–H and O–H groups in total. The highest BCUT2D eigenvalue weighted by molar-refractivity contribution is 5.03. The van der Waals surface area contributed by atoms with Crippen molar-refractivity contribution in [2.45, 2.75) is 33.4 Å². The lowest BCUT2D eigenvalue weighted by Crippen LogP contribution is -2.15. The average Bonchev–Trinajstić information content (AvgIpc) is 2.61. The number of hydrogen-bond acceptors (Lipinski definition) is 2. The molecule has 0 fully saturated rings. The van der Waals surface area contributed by atoms with Crippen LogP contribution in [0.5, 0.6) is 0 Å². The molecule has 4 heteroatoms. The predicted molar refractivity (Wildman–Crippen MR) is 59.4 cm³/mol. The molecule has 0 radical (unpaired) electrons. The molecule has 0 aliphatic heterocycles. The van der Waals surface area contributed by atoms with Crippen LogP contribution in [0.3, 0.4) is 0 Å². The highest BCUT2D eigenvalue weighted by atomic mass is 19.1. The fourth-order valence-corrected chi connectivity index (χ4v) is 1.33. The number of alkyl halides is 1. The van der Waals surface area contributed by atoms with Crippen molar-refractivity contribution >= 4 is 0 Å². The number of aryl methyl sites for hydroxylation is 1. The van der Waals surface area contributed by atoms with Gasteiger partial charge in [-0.05, 0) is 18.9 Å². The first-order chi connectivity index (χ1) is 7.22. The van der Waals surface area contributed by atoms with Crippen molar-refractivity contribution in [2.24, 2.45) is 5.92 Å². The molecule has 1 rings (SSSR count). The molecular formula is C11H20FN3. The summed E-state index contributed by atoms with van der Waals surface area (Å²) in [7, 11) is 0. The van der Waals surface area contributed by atoms with Gasteiger partial charge in [-0.3, -0.25) is 4.68 Å². The first-order valence-electron chi connectivity index (χ1n) is 5.50. The van der Waals surface area contributed by atoms with Crippen molar-refractivity contribution in [1.29, 1.82) is 0 Å². The van der Waals surface area contributed by atoms with Crippen LogP contribution in [0.15, 0.2) is 12.4 Å². The van der Waals surface area contributed by atoms with Crippen LogP contribution >= 0.6 is 0 Å². The topological polar surface area (TPSA) is 29.9 Å². The fraction of sp³-hybridized carbons (Fsp3) is 0.727. The lowest BCUT2D eigenvalue weighted by molar-refractivity contribution is 0.427. The van der Waals surface area contributed by atoms with Crippen molar-refractivity contribution in [3.63, 3.8) is 0 Å². The van der Waals surface area contributed by atoms with Gasteiger partial charge in [0.25, 0.3) is 0 Å². The molecule has 0 aliphatic rings. The van der Waals surface area contributed by atoms with Crippen LogP contribution in [0.2, 0.25) is 0 Å². The summed E-state index contributed by atoms with van der Waals surface area (Å²) >= 11 is 0. The Hall–Kier alpha value is -0.900. The van der Waals surface area contributed by atoms with Crippen LogP contribution in [0.25, 0.3) is 0 Å². The van der Waals surface area contributed by atoms with E-state index in [9.17, 15) is 4.39 Å². The van der Waals surface area contributed by atoms with Crippen LogP contribution in [0.4, 0.5) is 4.39 Å². The zero-order valence-corrected chi connectivity index (χ0v) is 9.54. The monoisotopic (exact) mass is 213 g/mol. The van der Waals surface area contributed by atoms with E-state index in [1.165, 1.54) is 6.42 Å². The quantitative estimate of drug-likeness (QED) is 0.702. The van der Waals surface area contributed by atoms with Crippen molar-refractivity contribution in [3.05, 3.63) is 18.0 Å². The van der Waals surface area contributed by atoms with E-state index in [2.05, 4.69) is 24.3 Å². The van der Waals surface area contributed by atoms with Gasteiger partial charge in [0.2, 0.25) is 0 Å². The van der Waals surface area contributed by atoms with Gasteiger partial charge in [-0.2, -0.15) is 5.10 Å². The van der Waals surface area contributed by atoms with Gasteiger partial charge in [0.1, 0.15) is 6.67 Å². The van der Waals surface area contributed by atoms with Gasteiger partial charge in [-0.25, -0.2) is 4.39 Å². The van der Waals surface area contributed by atoms with Crippen molar-refractivity contribution < 1.29 is 4.39 Å². The van der Waals surface area contributed by atoms with E-state index < -0.39 is 0 Å². The Morgan fingerprint density at radius 2 is 2.33 bits per heavy atom. The minimum atomic E-state index is -0.359. The molecule has 1 aromatic heterocycles. The number of aromatic nitrogens is 2. The number of halogens is 1. The molecule has 86 valence electrons. The maximum absolute atomic E-state index is 12.0. The zero-order chi connectivity index (χ0) is 11.1. The Balaban J connectivity index is 2.19. The lowest BCUT2D eigenvalue weighted by Gasteiger charge is -2.05. The predicted octanol–water partition coefficient (Wildman–Crippen LogP) is 1.99. The highest BCUT2D eigenvalue weighted by Crippen LogP contribution is 1.99. The van der Waals surface area contributed by atoms with Crippen LogP contribution in [-0.2, 0) is 13.1 Å². The van der Waals surface area contributed by atoms with Gasteiger partial charge in [-0.1, -0.05) is 13.8 Å². The van der Waals surface area contributed by atoms with Crippen molar-refractivity contribution in [2.75, 3.05) is 13.2 Å². The standard InChI is InChI=1S/C11H20FN3/c1-10(2)3-5-13-7-11-8-14-15(9-11)6-4-12/h8-10,13H,3-7H2,1-2H3. The molecule has 1 aromatic rings. The molecule has 0 amide bonds. The van der Waals surface area contributed by atoms with Gasteiger partial charge >= 0.3 is 0 Å². The smallest absolute Gasteiger partial charge is 0.109 e. The second kappa shape index (κ2) is 6.56. The number of nitrogens with zero attached hydrogens (tertiary/aromatic N) is 2. The molecule has 0 aromatic carbocycles. The van der Waals surface area contributed by atoms with Gasteiger partial charge in [0.05, 0.1) is 12.7 Å². The maximum Gasteiger partial charge on any atom is 0.109 e. The van der Waals surface area contributed by atoms with E-state index in [-0.39, 0.29) is 6.67 Å². The minimum absolute atomic E-state index is 0.353. The summed E-state index contributed by atoms with van der Waals surface area (Å²) in [4.78, 5) is 0. The van der Waals surface area contributed by atoms with E-state index in [1.54, 1.807) is 10.9 Å². The largest absolute Gasteiger partial charge is 0.313 e. The molecule has 3 nitrogen and oxygen atoms in total. The van der Waals surface area contributed by atoms with Crippen molar-refractivity contribution in [3.8, 4) is 0 Å². The van der Waals surface area contributed by atoms with Crippen LogP contribution in [0.1, 0.15) is 25.8 Å². The molecule has 0 atom stereocenters. The van der Waals surface area contributed by atoms with E-state index in [4.69, 9.17) is 0 Å². The second-order valence-corrected chi connectivity index (χ2v) is 4.16. The molecule has 1 heterocycles. The number of nitrogens with one attached hydrogen (secondary N) is 1. The Morgan fingerprint density at radius 3 is 3.00 bits per heavy atom. The van der Waals surface area contributed by atoms with Crippen LogP contribution in [0, 0.1) is 5.92 Å². The average molecular weight is 213 g/mol. The number of rotatable bonds is 7. The Morgan fingerprint density at radius 1 is 1.53 bits per heavy atom. The van der Waals surface area contributed by atoms with Crippen LogP contribution < -0.4 is 5.32 Å². The van der Waals surface area contributed by atoms with Gasteiger partial charge in [0, 0.05) is 18.3 Å². The first-order valence-corrected chi connectivity index (χ1v) is 5.50. The van der Waals surface area contributed by atoms with Gasteiger partial charge < -0.3 is 5.32 Å². The molecule has 0 spiro atoms. The summed E-state index contributed by atoms with van der Waals surface area (Å²) < 4.78 is 13.6. The second-order valence-electron chi connectivity index (χ2n) is 4.16. The summed E-state index contributed by atoms with van der Waals surface area (Å²) in [6, 6.07) is 0. The Kier molecular flexibility index (Phi) is 5.32. The lowest BCUT2D eigenvalue weighted by atomic mass is 10.1. The summed E-state index contributed by atoms with van der Waals surface area (Å²) in [6.07, 6.45) is 4.86. The molecular weight excluding hydrogens is 193 g/mol. The molecule has 0 aliphatic carbocycles. The van der Waals surface area contributed by atoms with Gasteiger partial charge in [-0.15, -0.1) is 0 Å². The molecule has 0 saturated carbocycles. The van der Waals surface area contributed by atoms with E-state index in [0.717, 1.165) is 24.6 Å². The third-order valence-corrected chi connectivity index (χ3v) is 2.23. The maximum atomic E-state index is 12.0. The summed E-state index contributed by atoms with van der Waals surface area (Å²) in [5.41, 5.74) is 1.12. The SMILES string of the molecule is CC(C)CCNCc1cnn(CCF)c1. The van der Waals surface area contributed by atoms with E-state index >= 15 is 0 Å².